The highest BCUT2D eigenvalue weighted by molar-refractivity contribution is 7.85. The van der Waals surface area contributed by atoms with Crippen molar-refractivity contribution in [2.24, 2.45) is 0 Å². The van der Waals surface area contributed by atoms with Crippen LogP contribution in [0.3, 0.4) is 0 Å². The Balaban J connectivity index is 0.000000292. The van der Waals surface area contributed by atoms with Gasteiger partial charge in [0.15, 0.2) is 0 Å². The van der Waals surface area contributed by atoms with Gasteiger partial charge in [-0.05, 0) is 13.8 Å². The lowest BCUT2D eigenvalue weighted by Crippen LogP contribution is -2.28. The molecule has 0 aromatic carbocycles. The molecule has 0 atom stereocenters. The minimum atomic E-state index is -3.67. The van der Waals surface area contributed by atoms with E-state index in [0.29, 0.717) is 6.26 Å². The van der Waals surface area contributed by atoms with E-state index in [1.54, 1.807) is 0 Å². The molecule has 6 heteroatoms. The molecule has 1 aromatic rings. The van der Waals surface area contributed by atoms with Gasteiger partial charge in [-0.25, -0.2) is 9.13 Å². The van der Waals surface area contributed by atoms with Crippen LogP contribution >= 0.6 is 0 Å². The number of nitrogens with zero attached hydrogens (tertiary/aromatic N) is 2. The average Bonchev–Trinajstić information content (AvgIpc) is 2.48. The summed E-state index contributed by atoms with van der Waals surface area (Å²) in [6, 6.07) is 0. The van der Waals surface area contributed by atoms with E-state index in [0.717, 1.165) is 13.1 Å². The quantitative estimate of drug-likeness (QED) is 0.578. The second-order valence-corrected chi connectivity index (χ2v) is 4.27. The SMILES string of the molecule is CCn1cc[n+](CC)c1.CS(=O)(=O)O. The lowest BCUT2D eigenvalue weighted by atomic mass is 10.7. The summed E-state index contributed by atoms with van der Waals surface area (Å²) in [5.74, 6) is 0. The summed E-state index contributed by atoms with van der Waals surface area (Å²) in [5.41, 5.74) is 0. The van der Waals surface area contributed by atoms with Crippen LogP contribution in [0, 0.1) is 0 Å². The van der Waals surface area contributed by atoms with Crippen LogP contribution in [0.15, 0.2) is 18.7 Å². The molecule has 5 nitrogen and oxygen atoms in total. The molecule has 0 aliphatic carbocycles. The monoisotopic (exact) mass is 221 g/mol. The fourth-order valence-corrected chi connectivity index (χ4v) is 0.813. The predicted molar refractivity (Wildman–Crippen MR) is 53.4 cm³/mol. The van der Waals surface area contributed by atoms with Crippen molar-refractivity contribution in [1.29, 1.82) is 0 Å². The first-order valence-corrected chi connectivity index (χ1v) is 6.19. The number of aromatic nitrogens is 2. The predicted octanol–water partition coefficient (Wildman–Crippen LogP) is 0.319. The maximum absolute atomic E-state index is 9.19. The zero-order valence-corrected chi connectivity index (χ0v) is 9.53. The van der Waals surface area contributed by atoms with E-state index in [1.807, 2.05) is 0 Å². The molecule has 82 valence electrons. The zero-order chi connectivity index (χ0) is 11.2. The highest BCUT2D eigenvalue weighted by Gasteiger charge is 1.95. The summed E-state index contributed by atoms with van der Waals surface area (Å²) in [4.78, 5) is 0. The van der Waals surface area contributed by atoms with E-state index < -0.39 is 10.1 Å². The molecule has 0 radical (unpaired) electrons. The topological polar surface area (TPSA) is 63.2 Å². The summed E-state index contributed by atoms with van der Waals surface area (Å²) in [7, 11) is -3.67. The van der Waals surface area contributed by atoms with Crippen molar-refractivity contribution in [3.8, 4) is 0 Å². The lowest BCUT2D eigenvalue weighted by Gasteiger charge is -1.84. The Bertz CT molecular complexity index is 330. The Kier molecular flexibility index (Phi) is 5.40. The second-order valence-electron chi connectivity index (χ2n) is 2.81. The molecule has 1 rings (SSSR count). The molecule has 0 bridgehead atoms. The second kappa shape index (κ2) is 5.77. The average molecular weight is 221 g/mol. The molecule has 0 unspecified atom stereocenters. The number of hydrogen-bond acceptors (Lipinski definition) is 2. The number of imidazole rings is 1. The van der Waals surface area contributed by atoms with Gasteiger partial charge >= 0.3 is 0 Å². The Morgan fingerprint density at radius 2 is 1.93 bits per heavy atom. The van der Waals surface area contributed by atoms with Crippen LogP contribution in [-0.4, -0.2) is 23.8 Å². The van der Waals surface area contributed by atoms with Gasteiger partial charge in [-0.2, -0.15) is 8.42 Å². The van der Waals surface area contributed by atoms with Gasteiger partial charge < -0.3 is 0 Å². The van der Waals surface area contributed by atoms with Crippen LogP contribution in [0.2, 0.25) is 0 Å². The molecule has 1 aromatic heterocycles. The van der Waals surface area contributed by atoms with Gasteiger partial charge in [-0.1, -0.05) is 0 Å². The summed E-state index contributed by atoms with van der Waals surface area (Å²) in [6.07, 6.45) is 7.00. The van der Waals surface area contributed by atoms with Crippen molar-refractivity contribution >= 4 is 10.1 Å². The van der Waals surface area contributed by atoms with Gasteiger partial charge in [0.25, 0.3) is 10.1 Å². The molecule has 0 spiro atoms. The van der Waals surface area contributed by atoms with E-state index in [2.05, 4.69) is 41.7 Å². The molecule has 1 N–H and O–H groups in total. The van der Waals surface area contributed by atoms with Crippen LogP contribution in [0.25, 0.3) is 0 Å². The largest absolute Gasteiger partial charge is 0.286 e. The number of hydrogen-bond donors (Lipinski definition) is 1. The van der Waals surface area contributed by atoms with E-state index in [4.69, 9.17) is 4.55 Å². The summed E-state index contributed by atoms with van der Waals surface area (Å²) in [6.45, 7) is 6.40. The molecular formula is C8H17N2O3S+. The third kappa shape index (κ3) is 7.75. The van der Waals surface area contributed by atoms with E-state index in [-0.39, 0.29) is 0 Å². The highest BCUT2D eigenvalue weighted by Crippen LogP contribution is 1.81. The fourth-order valence-electron chi connectivity index (χ4n) is 0.813. The maximum atomic E-state index is 9.19. The smallest absolute Gasteiger partial charge is 0.261 e. The number of aryl methyl sites for hydroxylation is 2. The first-order valence-electron chi connectivity index (χ1n) is 4.34. The van der Waals surface area contributed by atoms with Crippen molar-refractivity contribution in [2.75, 3.05) is 6.26 Å². The molecule has 0 aliphatic rings. The third-order valence-corrected chi connectivity index (χ3v) is 1.48. The van der Waals surface area contributed by atoms with Gasteiger partial charge in [0.1, 0.15) is 12.4 Å². The van der Waals surface area contributed by atoms with E-state index in [1.165, 1.54) is 0 Å². The summed E-state index contributed by atoms with van der Waals surface area (Å²) >= 11 is 0. The first kappa shape index (κ1) is 13.1. The van der Waals surface area contributed by atoms with Crippen LogP contribution in [0.1, 0.15) is 13.8 Å². The Hall–Kier alpha value is -0.880. The van der Waals surface area contributed by atoms with Gasteiger partial charge in [-0.15, -0.1) is 0 Å². The third-order valence-electron chi connectivity index (χ3n) is 1.48. The minimum absolute atomic E-state index is 0.715. The molecule has 0 aliphatic heterocycles. The summed E-state index contributed by atoms with van der Waals surface area (Å²) < 4.78 is 30.2. The van der Waals surface area contributed by atoms with Gasteiger partial charge in [0.2, 0.25) is 6.33 Å². The molecule has 0 saturated heterocycles. The molecule has 1 heterocycles. The Morgan fingerprint density at radius 3 is 2.14 bits per heavy atom. The maximum Gasteiger partial charge on any atom is 0.261 e. The highest BCUT2D eigenvalue weighted by atomic mass is 32.2. The van der Waals surface area contributed by atoms with Gasteiger partial charge in [0, 0.05) is 0 Å². The molecular weight excluding hydrogens is 204 g/mol. The Morgan fingerprint density at radius 1 is 1.43 bits per heavy atom. The number of rotatable bonds is 2. The fraction of sp³-hybridized carbons (Fsp3) is 0.625. The molecule has 0 amide bonds. The minimum Gasteiger partial charge on any atom is -0.286 e. The first-order chi connectivity index (χ1) is 6.36. The molecule has 14 heavy (non-hydrogen) atoms. The van der Waals surface area contributed by atoms with Gasteiger partial charge in [0.05, 0.1) is 19.3 Å². The van der Waals surface area contributed by atoms with Crippen molar-refractivity contribution in [2.45, 2.75) is 26.9 Å². The van der Waals surface area contributed by atoms with Crippen molar-refractivity contribution in [1.82, 2.24) is 4.57 Å². The van der Waals surface area contributed by atoms with E-state index >= 15 is 0 Å². The van der Waals surface area contributed by atoms with Crippen LogP contribution in [0.4, 0.5) is 0 Å². The van der Waals surface area contributed by atoms with Crippen LogP contribution < -0.4 is 4.57 Å². The normalized spacial score (nSPS) is 10.6. The van der Waals surface area contributed by atoms with Crippen molar-refractivity contribution in [3.05, 3.63) is 18.7 Å². The van der Waals surface area contributed by atoms with E-state index in [9.17, 15) is 8.42 Å². The zero-order valence-electron chi connectivity index (χ0n) is 8.71. The standard InChI is InChI=1S/C7H13N2.CH4O3S/c1-3-8-5-6-9(4-2)7-8;1-5(2,3)4/h5-7H,3-4H2,1-2H3;1H3,(H,2,3,4)/q+1;. The molecule has 0 saturated carbocycles. The summed E-state index contributed by atoms with van der Waals surface area (Å²) in [5, 5.41) is 0. The van der Waals surface area contributed by atoms with Crippen molar-refractivity contribution < 1.29 is 17.5 Å². The lowest BCUT2D eigenvalue weighted by molar-refractivity contribution is -0.693. The van der Waals surface area contributed by atoms with Crippen LogP contribution in [0.5, 0.6) is 0 Å². The van der Waals surface area contributed by atoms with Gasteiger partial charge in [-0.3, -0.25) is 4.55 Å². The van der Waals surface area contributed by atoms with Crippen LogP contribution in [-0.2, 0) is 23.2 Å². The Labute approximate surface area is 84.7 Å². The van der Waals surface area contributed by atoms with Crippen molar-refractivity contribution in [3.63, 3.8) is 0 Å². The molecule has 0 fully saturated rings.